The molecule has 0 bridgehead atoms. The number of hydrogen-bond acceptors (Lipinski definition) is 4. The Balaban J connectivity index is 1.86. The Morgan fingerprint density at radius 3 is 2.83 bits per heavy atom. The fourth-order valence-electron chi connectivity index (χ4n) is 2.63. The van der Waals surface area contributed by atoms with Crippen molar-refractivity contribution in [2.75, 3.05) is 31.6 Å². The minimum atomic E-state index is -1.01. The van der Waals surface area contributed by atoms with E-state index in [-0.39, 0.29) is 30.0 Å². The topological polar surface area (TPSA) is 58.6 Å². The summed E-state index contributed by atoms with van der Waals surface area (Å²) in [5, 5.41) is 2.52. The van der Waals surface area contributed by atoms with Crippen molar-refractivity contribution in [3.8, 4) is 0 Å². The summed E-state index contributed by atoms with van der Waals surface area (Å²) in [6, 6.07) is 3.20. The van der Waals surface area contributed by atoms with E-state index in [1.807, 2.05) is 4.90 Å². The molecule has 1 heterocycles. The molecule has 0 saturated carbocycles. The standard InChI is InChI=1S/C16H20F2N2O3/c1-2-23-16(22)11-4-3-7-20(9-11)10-15(21)19-12-5-6-13(17)14(18)8-12/h5-6,8,11H,2-4,7,9-10H2,1H3,(H,19,21)/t11-/m0/s1. The number of carbonyl (C=O) groups excluding carboxylic acids is 2. The number of esters is 1. The molecule has 0 radical (unpaired) electrons. The van der Waals surface area contributed by atoms with Gasteiger partial charge < -0.3 is 10.1 Å². The van der Waals surface area contributed by atoms with E-state index >= 15 is 0 Å². The molecule has 0 spiro atoms. The molecule has 0 aromatic heterocycles. The highest BCUT2D eigenvalue weighted by Crippen LogP contribution is 2.18. The first-order valence-corrected chi connectivity index (χ1v) is 7.63. The van der Waals surface area contributed by atoms with Gasteiger partial charge >= 0.3 is 5.97 Å². The van der Waals surface area contributed by atoms with Gasteiger partial charge in [-0.15, -0.1) is 0 Å². The zero-order valence-electron chi connectivity index (χ0n) is 13.0. The van der Waals surface area contributed by atoms with Crippen molar-refractivity contribution in [1.82, 2.24) is 4.90 Å². The minimum absolute atomic E-state index is 0.0922. The number of halogens is 2. The monoisotopic (exact) mass is 326 g/mol. The molecular weight excluding hydrogens is 306 g/mol. The highest BCUT2D eigenvalue weighted by molar-refractivity contribution is 5.92. The maximum absolute atomic E-state index is 13.1. The molecule has 5 nitrogen and oxygen atoms in total. The summed E-state index contributed by atoms with van der Waals surface area (Å²) in [7, 11) is 0. The number of nitrogens with zero attached hydrogens (tertiary/aromatic N) is 1. The van der Waals surface area contributed by atoms with E-state index in [4.69, 9.17) is 4.74 Å². The van der Waals surface area contributed by atoms with E-state index in [0.29, 0.717) is 19.7 Å². The molecule has 2 rings (SSSR count). The molecule has 7 heteroatoms. The highest BCUT2D eigenvalue weighted by atomic mass is 19.2. The smallest absolute Gasteiger partial charge is 0.310 e. The van der Waals surface area contributed by atoms with Crippen LogP contribution in [0.15, 0.2) is 18.2 Å². The van der Waals surface area contributed by atoms with Gasteiger partial charge in [0.2, 0.25) is 5.91 Å². The Labute approximate surface area is 133 Å². The summed E-state index contributed by atoms with van der Waals surface area (Å²) in [6.07, 6.45) is 1.56. The lowest BCUT2D eigenvalue weighted by atomic mass is 9.98. The normalized spacial score (nSPS) is 18.5. The Morgan fingerprint density at radius 2 is 2.13 bits per heavy atom. The molecule has 1 N–H and O–H groups in total. The van der Waals surface area contributed by atoms with E-state index in [1.165, 1.54) is 6.07 Å². The molecule has 126 valence electrons. The second-order valence-electron chi connectivity index (χ2n) is 5.50. The van der Waals surface area contributed by atoms with Crippen molar-refractivity contribution in [1.29, 1.82) is 0 Å². The predicted molar refractivity (Wildman–Crippen MR) is 80.8 cm³/mol. The number of rotatable bonds is 5. The van der Waals surface area contributed by atoms with Crippen molar-refractivity contribution in [3.63, 3.8) is 0 Å². The Morgan fingerprint density at radius 1 is 1.35 bits per heavy atom. The van der Waals surface area contributed by atoms with Crippen molar-refractivity contribution < 1.29 is 23.1 Å². The zero-order valence-corrected chi connectivity index (χ0v) is 13.0. The molecule has 1 atom stereocenters. The van der Waals surface area contributed by atoms with Crippen LogP contribution in [0.4, 0.5) is 14.5 Å². The van der Waals surface area contributed by atoms with Crippen LogP contribution in [-0.4, -0.2) is 43.0 Å². The molecule has 0 aliphatic carbocycles. The molecule has 1 fully saturated rings. The van der Waals surface area contributed by atoms with E-state index < -0.39 is 11.6 Å². The quantitative estimate of drug-likeness (QED) is 0.843. The van der Waals surface area contributed by atoms with Crippen LogP contribution < -0.4 is 5.32 Å². The average Bonchev–Trinajstić information content (AvgIpc) is 2.51. The lowest BCUT2D eigenvalue weighted by Crippen LogP contribution is -2.43. The van der Waals surface area contributed by atoms with Crippen LogP contribution in [0.25, 0.3) is 0 Å². The Hall–Kier alpha value is -2.02. The minimum Gasteiger partial charge on any atom is -0.466 e. The van der Waals surface area contributed by atoms with Crippen molar-refractivity contribution >= 4 is 17.6 Å². The summed E-state index contributed by atoms with van der Waals surface area (Å²) >= 11 is 0. The molecule has 1 amide bonds. The summed E-state index contributed by atoms with van der Waals surface area (Å²) < 4.78 is 31.0. The summed E-state index contributed by atoms with van der Waals surface area (Å²) in [4.78, 5) is 25.6. The van der Waals surface area contributed by atoms with Gasteiger partial charge in [0.15, 0.2) is 11.6 Å². The van der Waals surface area contributed by atoms with Crippen LogP contribution in [0, 0.1) is 17.6 Å². The second kappa shape index (κ2) is 8.01. The predicted octanol–water partition coefficient (Wildman–Crippen LogP) is 2.18. The van der Waals surface area contributed by atoms with Gasteiger partial charge in [-0.05, 0) is 38.4 Å². The number of nitrogens with one attached hydrogen (secondary N) is 1. The maximum atomic E-state index is 13.1. The number of benzene rings is 1. The van der Waals surface area contributed by atoms with E-state index in [1.54, 1.807) is 6.92 Å². The fourth-order valence-corrected chi connectivity index (χ4v) is 2.63. The number of likely N-dealkylation sites (tertiary alicyclic amines) is 1. The SMILES string of the molecule is CCOC(=O)[C@H]1CCCN(CC(=O)Nc2ccc(F)c(F)c2)C1. The number of anilines is 1. The number of ether oxygens (including phenoxy) is 1. The number of carbonyl (C=O) groups is 2. The molecule has 1 aliphatic rings. The third-order valence-corrected chi connectivity index (χ3v) is 3.70. The van der Waals surface area contributed by atoms with Crippen LogP contribution in [0.3, 0.4) is 0 Å². The van der Waals surface area contributed by atoms with Gasteiger partial charge in [0.05, 0.1) is 19.1 Å². The maximum Gasteiger partial charge on any atom is 0.310 e. The fraction of sp³-hybridized carbons (Fsp3) is 0.500. The van der Waals surface area contributed by atoms with Crippen LogP contribution in [0.1, 0.15) is 19.8 Å². The summed E-state index contributed by atoms with van der Waals surface area (Å²) in [5.74, 6) is -2.77. The molecule has 1 aromatic carbocycles. The first-order valence-electron chi connectivity index (χ1n) is 7.63. The summed E-state index contributed by atoms with van der Waals surface area (Å²) in [6.45, 7) is 3.36. The van der Waals surface area contributed by atoms with E-state index in [0.717, 1.165) is 25.0 Å². The zero-order chi connectivity index (χ0) is 16.8. The van der Waals surface area contributed by atoms with Gasteiger partial charge in [0.25, 0.3) is 0 Å². The molecule has 23 heavy (non-hydrogen) atoms. The second-order valence-corrected chi connectivity index (χ2v) is 5.50. The average molecular weight is 326 g/mol. The van der Waals surface area contributed by atoms with Crippen molar-refractivity contribution in [3.05, 3.63) is 29.8 Å². The Kier molecular flexibility index (Phi) is 6.04. The molecule has 0 unspecified atom stereocenters. The van der Waals surface area contributed by atoms with Gasteiger partial charge in [-0.25, -0.2) is 8.78 Å². The van der Waals surface area contributed by atoms with Gasteiger partial charge in [-0.2, -0.15) is 0 Å². The number of piperidine rings is 1. The van der Waals surface area contributed by atoms with Crippen LogP contribution >= 0.6 is 0 Å². The van der Waals surface area contributed by atoms with Gasteiger partial charge in [-0.3, -0.25) is 14.5 Å². The lowest BCUT2D eigenvalue weighted by Gasteiger charge is -2.30. The highest BCUT2D eigenvalue weighted by Gasteiger charge is 2.27. The van der Waals surface area contributed by atoms with E-state index in [2.05, 4.69) is 5.32 Å². The van der Waals surface area contributed by atoms with Gasteiger partial charge in [-0.1, -0.05) is 0 Å². The molecular formula is C16H20F2N2O3. The number of hydrogen-bond donors (Lipinski definition) is 1. The summed E-state index contributed by atoms with van der Waals surface area (Å²) in [5.41, 5.74) is 0.202. The van der Waals surface area contributed by atoms with E-state index in [9.17, 15) is 18.4 Å². The van der Waals surface area contributed by atoms with Crippen molar-refractivity contribution in [2.45, 2.75) is 19.8 Å². The first-order chi connectivity index (χ1) is 11.0. The van der Waals surface area contributed by atoms with Crippen LogP contribution in [-0.2, 0) is 14.3 Å². The molecule has 1 saturated heterocycles. The third-order valence-electron chi connectivity index (χ3n) is 3.70. The van der Waals surface area contributed by atoms with Gasteiger partial charge in [0.1, 0.15) is 0 Å². The largest absolute Gasteiger partial charge is 0.466 e. The lowest BCUT2D eigenvalue weighted by molar-refractivity contribution is -0.150. The van der Waals surface area contributed by atoms with Gasteiger partial charge in [0, 0.05) is 18.3 Å². The van der Waals surface area contributed by atoms with Crippen molar-refractivity contribution in [2.24, 2.45) is 5.92 Å². The molecule has 1 aromatic rings. The first kappa shape index (κ1) is 17.3. The number of amides is 1. The Bertz CT molecular complexity index is 580. The molecule has 1 aliphatic heterocycles. The third kappa shape index (κ3) is 4.99. The van der Waals surface area contributed by atoms with Crippen LogP contribution in [0.5, 0.6) is 0 Å². The van der Waals surface area contributed by atoms with Crippen LogP contribution in [0.2, 0.25) is 0 Å².